The van der Waals surface area contributed by atoms with Crippen LogP contribution in [0.3, 0.4) is 0 Å². The number of benzene rings is 1. The number of hydrogen-bond donors (Lipinski definition) is 3. The molecule has 1 unspecified atom stereocenters. The van der Waals surface area contributed by atoms with Gasteiger partial charge in [-0.15, -0.1) is 13.2 Å². The highest BCUT2D eigenvalue weighted by Crippen LogP contribution is 2.31. The van der Waals surface area contributed by atoms with Crippen LogP contribution in [0.4, 0.5) is 13.2 Å². The van der Waals surface area contributed by atoms with Crippen LogP contribution in [0.25, 0.3) is 0 Å². The van der Waals surface area contributed by atoms with Crippen LogP contribution in [0.5, 0.6) is 5.75 Å². The molecule has 1 aliphatic heterocycles. The van der Waals surface area contributed by atoms with E-state index in [-0.39, 0.29) is 24.3 Å². The number of aliphatic imine (C=N–C) groups is 1. The monoisotopic (exact) mass is 375 g/mol. The van der Waals surface area contributed by atoms with E-state index in [0.29, 0.717) is 37.7 Å². The predicted molar refractivity (Wildman–Crippen MR) is 90.9 cm³/mol. The van der Waals surface area contributed by atoms with Crippen molar-refractivity contribution in [3.05, 3.63) is 29.8 Å². The number of ether oxygens (including phenoxy) is 2. The first-order valence-electron chi connectivity index (χ1n) is 8.34. The minimum atomic E-state index is -4.74. The normalized spacial score (nSPS) is 20.9. The van der Waals surface area contributed by atoms with E-state index in [1.165, 1.54) is 12.1 Å². The van der Waals surface area contributed by atoms with E-state index in [4.69, 9.17) is 4.74 Å². The SMILES string of the molecule is CN=C(NCc1ccccc1OC(F)(F)F)NCC1(CCO)CCOC1. The first-order chi connectivity index (χ1) is 12.4. The van der Waals surface area contributed by atoms with Crippen molar-refractivity contribution in [3.63, 3.8) is 0 Å². The summed E-state index contributed by atoms with van der Waals surface area (Å²) < 4.78 is 46.9. The van der Waals surface area contributed by atoms with Crippen molar-refractivity contribution in [2.45, 2.75) is 25.7 Å². The lowest BCUT2D eigenvalue weighted by molar-refractivity contribution is -0.274. The number of aliphatic hydroxyl groups excluding tert-OH is 1. The van der Waals surface area contributed by atoms with Gasteiger partial charge >= 0.3 is 6.36 Å². The van der Waals surface area contributed by atoms with E-state index in [2.05, 4.69) is 20.4 Å². The Balaban J connectivity index is 1.93. The molecule has 146 valence electrons. The summed E-state index contributed by atoms with van der Waals surface area (Å²) in [6.07, 6.45) is -3.30. The van der Waals surface area contributed by atoms with Crippen molar-refractivity contribution >= 4 is 5.96 Å². The van der Waals surface area contributed by atoms with E-state index in [1.54, 1.807) is 19.2 Å². The average Bonchev–Trinajstić information content (AvgIpc) is 3.04. The summed E-state index contributed by atoms with van der Waals surface area (Å²) in [6.45, 7) is 1.94. The predicted octanol–water partition coefficient (Wildman–Crippen LogP) is 2.04. The zero-order valence-corrected chi connectivity index (χ0v) is 14.6. The van der Waals surface area contributed by atoms with E-state index in [1.807, 2.05) is 0 Å². The number of nitrogens with one attached hydrogen (secondary N) is 2. The maximum Gasteiger partial charge on any atom is 0.573 e. The van der Waals surface area contributed by atoms with Gasteiger partial charge in [0, 0.05) is 44.3 Å². The molecular formula is C17H24F3N3O3. The number of rotatable bonds is 7. The molecule has 26 heavy (non-hydrogen) atoms. The second kappa shape index (κ2) is 9.09. The van der Waals surface area contributed by atoms with Gasteiger partial charge in [-0.3, -0.25) is 4.99 Å². The van der Waals surface area contributed by atoms with Gasteiger partial charge in [-0.25, -0.2) is 0 Å². The Kier molecular flexibility index (Phi) is 7.10. The Morgan fingerprint density at radius 1 is 1.35 bits per heavy atom. The van der Waals surface area contributed by atoms with E-state index in [9.17, 15) is 18.3 Å². The number of para-hydroxylation sites is 1. The molecule has 3 N–H and O–H groups in total. The highest BCUT2D eigenvalue weighted by atomic mass is 19.4. The number of halogens is 3. The summed E-state index contributed by atoms with van der Waals surface area (Å²) >= 11 is 0. The molecule has 0 radical (unpaired) electrons. The molecule has 0 bridgehead atoms. The van der Waals surface area contributed by atoms with Gasteiger partial charge in [-0.1, -0.05) is 18.2 Å². The highest BCUT2D eigenvalue weighted by Gasteiger charge is 2.34. The molecule has 0 amide bonds. The van der Waals surface area contributed by atoms with Gasteiger partial charge in [0.15, 0.2) is 5.96 Å². The smallest absolute Gasteiger partial charge is 0.405 e. The molecular weight excluding hydrogens is 351 g/mol. The Bertz CT molecular complexity index is 602. The van der Waals surface area contributed by atoms with Crippen molar-refractivity contribution in [3.8, 4) is 5.75 Å². The highest BCUT2D eigenvalue weighted by molar-refractivity contribution is 5.79. The van der Waals surface area contributed by atoms with Crippen LogP contribution in [0.2, 0.25) is 0 Å². The molecule has 1 heterocycles. The number of aliphatic hydroxyl groups is 1. The minimum Gasteiger partial charge on any atom is -0.405 e. The number of hydrogen-bond acceptors (Lipinski definition) is 4. The molecule has 1 atom stereocenters. The maximum absolute atomic E-state index is 12.5. The zero-order chi connectivity index (χ0) is 19.0. The molecule has 2 rings (SSSR count). The van der Waals surface area contributed by atoms with Crippen LogP contribution < -0.4 is 15.4 Å². The summed E-state index contributed by atoms with van der Waals surface area (Å²) in [4.78, 5) is 4.09. The van der Waals surface area contributed by atoms with Crippen LogP contribution in [-0.4, -0.2) is 50.8 Å². The summed E-state index contributed by atoms with van der Waals surface area (Å²) in [7, 11) is 1.58. The van der Waals surface area contributed by atoms with Gasteiger partial charge in [-0.2, -0.15) is 0 Å². The van der Waals surface area contributed by atoms with Gasteiger partial charge < -0.3 is 25.2 Å². The third-order valence-corrected chi connectivity index (χ3v) is 4.33. The van der Waals surface area contributed by atoms with Crippen molar-refractivity contribution in [1.82, 2.24) is 10.6 Å². The number of guanidine groups is 1. The lowest BCUT2D eigenvalue weighted by Gasteiger charge is -2.27. The molecule has 0 spiro atoms. The molecule has 9 heteroatoms. The average molecular weight is 375 g/mol. The van der Waals surface area contributed by atoms with Crippen molar-refractivity contribution in [2.75, 3.05) is 33.4 Å². The quantitative estimate of drug-likeness (QED) is 0.502. The molecule has 1 saturated heterocycles. The molecule has 6 nitrogen and oxygen atoms in total. The first-order valence-corrected chi connectivity index (χ1v) is 8.34. The second-order valence-electron chi connectivity index (χ2n) is 6.21. The first kappa shape index (κ1) is 20.3. The fourth-order valence-corrected chi connectivity index (χ4v) is 2.86. The molecule has 0 aromatic heterocycles. The number of alkyl halides is 3. The summed E-state index contributed by atoms with van der Waals surface area (Å²) in [6, 6.07) is 5.95. The topological polar surface area (TPSA) is 75.1 Å². The second-order valence-corrected chi connectivity index (χ2v) is 6.21. The molecule has 0 saturated carbocycles. The van der Waals surface area contributed by atoms with Gasteiger partial charge in [-0.05, 0) is 18.9 Å². The molecule has 1 aromatic rings. The van der Waals surface area contributed by atoms with Gasteiger partial charge in [0.25, 0.3) is 0 Å². The third kappa shape index (κ3) is 6.06. The lowest BCUT2D eigenvalue weighted by atomic mass is 9.84. The van der Waals surface area contributed by atoms with Gasteiger partial charge in [0.05, 0.1) is 6.61 Å². The molecule has 1 aromatic carbocycles. The van der Waals surface area contributed by atoms with Crippen molar-refractivity contribution in [1.29, 1.82) is 0 Å². The van der Waals surface area contributed by atoms with Gasteiger partial charge in [0.1, 0.15) is 5.75 Å². The Labute approximate surface area is 150 Å². The van der Waals surface area contributed by atoms with E-state index < -0.39 is 6.36 Å². The fourth-order valence-electron chi connectivity index (χ4n) is 2.86. The van der Waals surface area contributed by atoms with E-state index in [0.717, 1.165) is 6.42 Å². The van der Waals surface area contributed by atoms with Crippen LogP contribution in [0.1, 0.15) is 18.4 Å². The van der Waals surface area contributed by atoms with E-state index >= 15 is 0 Å². The van der Waals surface area contributed by atoms with Crippen LogP contribution >= 0.6 is 0 Å². The lowest BCUT2D eigenvalue weighted by Crippen LogP contribution is -2.44. The Morgan fingerprint density at radius 2 is 2.12 bits per heavy atom. The Morgan fingerprint density at radius 3 is 2.73 bits per heavy atom. The van der Waals surface area contributed by atoms with Crippen LogP contribution in [0, 0.1) is 5.41 Å². The molecule has 0 aliphatic carbocycles. The number of nitrogens with zero attached hydrogens (tertiary/aromatic N) is 1. The fraction of sp³-hybridized carbons (Fsp3) is 0.588. The van der Waals surface area contributed by atoms with Crippen LogP contribution in [-0.2, 0) is 11.3 Å². The molecule has 1 fully saturated rings. The largest absolute Gasteiger partial charge is 0.573 e. The minimum absolute atomic E-state index is 0.0687. The summed E-state index contributed by atoms with van der Waals surface area (Å²) in [5.74, 6) is 0.208. The van der Waals surface area contributed by atoms with Crippen molar-refractivity contribution in [2.24, 2.45) is 10.4 Å². The summed E-state index contributed by atoms with van der Waals surface area (Å²) in [5.41, 5.74) is 0.200. The van der Waals surface area contributed by atoms with Gasteiger partial charge in [0.2, 0.25) is 0 Å². The third-order valence-electron chi connectivity index (χ3n) is 4.33. The standard InChI is InChI=1S/C17H24F3N3O3/c1-21-15(23-11-16(6-8-24)7-9-25-12-16)22-10-13-4-2-3-5-14(13)26-17(18,19)20/h2-5,24H,6-12H2,1H3,(H2,21,22,23). The summed E-state index contributed by atoms with van der Waals surface area (Å²) in [5, 5.41) is 15.4. The maximum atomic E-state index is 12.5. The van der Waals surface area contributed by atoms with Crippen molar-refractivity contribution < 1.29 is 27.8 Å². The zero-order valence-electron chi connectivity index (χ0n) is 14.6. The van der Waals surface area contributed by atoms with Crippen LogP contribution in [0.15, 0.2) is 29.3 Å². The Hall–Kier alpha value is -2.00. The molecule has 1 aliphatic rings.